The van der Waals surface area contributed by atoms with Gasteiger partial charge in [-0.25, -0.2) is 0 Å². The van der Waals surface area contributed by atoms with Crippen LogP contribution in [0.15, 0.2) is 53.7 Å². The van der Waals surface area contributed by atoms with Gasteiger partial charge in [-0.1, -0.05) is 25.1 Å². The Bertz CT molecular complexity index is 531. The summed E-state index contributed by atoms with van der Waals surface area (Å²) in [4.78, 5) is 5.56. The lowest BCUT2D eigenvalue weighted by atomic mass is 9.99. The zero-order chi connectivity index (χ0) is 13.8. The molecular weight excluding hydrogens is 264 g/mol. The van der Waals surface area contributed by atoms with E-state index < -0.39 is 0 Å². The molecule has 0 aliphatic carbocycles. The third-order valence-electron chi connectivity index (χ3n) is 3.79. The molecule has 1 N–H and O–H groups in total. The molecule has 3 rings (SSSR count). The number of benzene rings is 1. The Morgan fingerprint density at radius 3 is 2.80 bits per heavy atom. The summed E-state index contributed by atoms with van der Waals surface area (Å²) in [7, 11) is 0. The minimum absolute atomic E-state index is 0.514. The number of nitrogens with zero attached hydrogens (tertiary/aromatic N) is 1. The molecule has 0 fully saturated rings. The molecule has 1 aromatic heterocycles. The summed E-state index contributed by atoms with van der Waals surface area (Å²) in [5.41, 5.74) is 2.86. The highest BCUT2D eigenvalue weighted by Crippen LogP contribution is 2.38. The van der Waals surface area contributed by atoms with Crippen LogP contribution in [0.3, 0.4) is 0 Å². The Balaban J connectivity index is 1.72. The standard InChI is InChI=1S/C17H20N2S/c1-2-19-15(11-13-7-9-18-10-8-13)17-12-14-5-3-4-6-16(14)20-17/h3-10,15,17,19H,2,11-12H2,1H3. The normalized spacial score (nSPS) is 18.8. The van der Waals surface area contributed by atoms with Crippen LogP contribution in [0.4, 0.5) is 0 Å². The van der Waals surface area contributed by atoms with Crippen LogP contribution in [0.25, 0.3) is 0 Å². The Labute approximate surface area is 125 Å². The fraction of sp³-hybridized carbons (Fsp3) is 0.353. The van der Waals surface area contributed by atoms with Gasteiger partial charge in [0.25, 0.3) is 0 Å². The molecule has 3 heteroatoms. The predicted molar refractivity (Wildman–Crippen MR) is 85.2 cm³/mol. The number of rotatable bonds is 5. The molecule has 2 unspecified atom stereocenters. The minimum atomic E-state index is 0.514. The van der Waals surface area contributed by atoms with Crippen molar-refractivity contribution < 1.29 is 0 Å². The lowest BCUT2D eigenvalue weighted by molar-refractivity contribution is 0.506. The van der Waals surface area contributed by atoms with E-state index in [1.54, 1.807) is 0 Å². The molecule has 2 nitrogen and oxygen atoms in total. The average molecular weight is 284 g/mol. The van der Waals surface area contributed by atoms with E-state index in [1.165, 1.54) is 22.4 Å². The summed E-state index contributed by atoms with van der Waals surface area (Å²) < 4.78 is 0. The summed E-state index contributed by atoms with van der Waals surface area (Å²) in [6.07, 6.45) is 6.01. The molecule has 2 aromatic rings. The number of thioether (sulfide) groups is 1. The fourth-order valence-electron chi connectivity index (χ4n) is 2.80. The number of fused-ring (bicyclic) bond motifs is 1. The van der Waals surface area contributed by atoms with Crippen molar-refractivity contribution in [2.75, 3.05) is 6.54 Å². The molecule has 1 aliphatic heterocycles. The molecule has 1 aliphatic rings. The molecule has 0 radical (unpaired) electrons. The quantitative estimate of drug-likeness (QED) is 0.911. The summed E-state index contributed by atoms with van der Waals surface area (Å²) in [6.45, 7) is 3.20. The summed E-state index contributed by atoms with van der Waals surface area (Å²) in [5, 5.41) is 4.29. The third kappa shape index (κ3) is 3.05. The number of nitrogens with one attached hydrogen (secondary N) is 1. The molecule has 104 valence electrons. The maximum Gasteiger partial charge on any atom is 0.0292 e. The Morgan fingerprint density at radius 2 is 2.05 bits per heavy atom. The zero-order valence-electron chi connectivity index (χ0n) is 11.8. The molecule has 2 heterocycles. The first kappa shape index (κ1) is 13.7. The second-order valence-electron chi connectivity index (χ2n) is 5.19. The van der Waals surface area contributed by atoms with Crippen molar-refractivity contribution in [1.82, 2.24) is 10.3 Å². The van der Waals surface area contributed by atoms with Crippen molar-refractivity contribution in [2.24, 2.45) is 0 Å². The van der Waals surface area contributed by atoms with Gasteiger partial charge in [-0.2, -0.15) is 0 Å². The highest BCUT2D eigenvalue weighted by Gasteiger charge is 2.28. The van der Waals surface area contributed by atoms with Crippen molar-refractivity contribution in [2.45, 2.75) is 36.0 Å². The number of hydrogen-bond acceptors (Lipinski definition) is 3. The van der Waals surface area contributed by atoms with Crippen LogP contribution >= 0.6 is 11.8 Å². The topological polar surface area (TPSA) is 24.9 Å². The molecule has 20 heavy (non-hydrogen) atoms. The van der Waals surface area contributed by atoms with Crippen molar-refractivity contribution in [3.63, 3.8) is 0 Å². The highest BCUT2D eigenvalue weighted by molar-refractivity contribution is 8.00. The van der Waals surface area contributed by atoms with Crippen molar-refractivity contribution in [3.05, 3.63) is 59.9 Å². The fourth-order valence-corrected chi connectivity index (χ4v) is 4.21. The van der Waals surface area contributed by atoms with Crippen LogP contribution in [0.1, 0.15) is 18.1 Å². The van der Waals surface area contributed by atoms with Gasteiger partial charge in [0.05, 0.1) is 0 Å². The monoisotopic (exact) mass is 284 g/mol. The van der Waals surface area contributed by atoms with E-state index in [2.05, 4.69) is 53.6 Å². The lowest BCUT2D eigenvalue weighted by Crippen LogP contribution is -2.39. The van der Waals surface area contributed by atoms with Crippen LogP contribution in [0.5, 0.6) is 0 Å². The van der Waals surface area contributed by atoms with Crippen molar-refractivity contribution >= 4 is 11.8 Å². The molecular formula is C17H20N2S. The summed E-state index contributed by atoms with van der Waals surface area (Å²) in [5.74, 6) is 0. The first-order valence-corrected chi connectivity index (χ1v) is 8.11. The van der Waals surface area contributed by atoms with E-state index in [4.69, 9.17) is 0 Å². The van der Waals surface area contributed by atoms with Gasteiger partial charge < -0.3 is 5.32 Å². The molecule has 2 atom stereocenters. The second kappa shape index (κ2) is 6.42. The summed E-state index contributed by atoms with van der Waals surface area (Å²) >= 11 is 2.03. The predicted octanol–water partition coefficient (Wildman–Crippen LogP) is 3.32. The lowest BCUT2D eigenvalue weighted by Gasteiger charge is -2.23. The number of pyridine rings is 1. The minimum Gasteiger partial charge on any atom is -0.313 e. The molecule has 0 spiro atoms. The van der Waals surface area contributed by atoms with Crippen LogP contribution in [-0.2, 0) is 12.8 Å². The van der Waals surface area contributed by atoms with Crippen LogP contribution in [0.2, 0.25) is 0 Å². The van der Waals surface area contributed by atoms with Crippen molar-refractivity contribution in [3.8, 4) is 0 Å². The summed E-state index contributed by atoms with van der Waals surface area (Å²) in [6, 6.07) is 13.5. The van der Waals surface area contributed by atoms with Crippen molar-refractivity contribution in [1.29, 1.82) is 0 Å². The SMILES string of the molecule is CCNC(Cc1ccncc1)C1Cc2ccccc2S1. The zero-order valence-corrected chi connectivity index (χ0v) is 12.6. The first-order chi connectivity index (χ1) is 9.86. The number of hydrogen-bond donors (Lipinski definition) is 1. The van der Waals surface area contributed by atoms with Crippen LogP contribution in [-0.4, -0.2) is 22.8 Å². The second-order valence-corrected chi connectivity index (χ2v) is 6.47. The van der Waals surface area contributed by atoms with E-state index in [0.717, 1.165) is 13.0 Å². The van der Waals surface area contributed by atoms with Gasteiger partial charge in [-0.05, 0) is 48.7 Å². The average Bonchev–Trinajstić information content (AvgIpc) is 2.92. The van der Waals surface area contributed by atoms with Gasteiger partial charge in [0.2, 0.25) is 0 Å². The number of aromatic nitrogens is 1. The third-order valence-corrected chi connectivity index (χ3v) is 5.24. The molecule has 1 aromatic carbocycles. The van der Waals surface area contributed by atoms with Gasteiger partial charge in [0, 0.05) is 28.6 Å². The van der Waals surface area contributed by atoms with E-state index in [-0.39, 0.29) is 0 Å². The van der Waals surface area contributed by atoms with Gasteiger partial charge in [0.15, 0.2) is 0 Å². The molecule has 0 saturated carbocycles. The Morgan fingerprint density at radius 1 is 1.25 bits per heavy atom. The maximum absolute atomic E-state index is 4.10. The smallest absolute Gasteiger partial charge is 0.0292 e. The van der Waals surface area contributed by atoms with Crippen LogP contribution < -0.4 is 5.32 Å². The first-order valence-electron chi connectivity index (χ1n) is 7.23. The van der Waals surface area contributed by atoms with Crippen LogP contribution in [0, 0.1) is 0 Å². The molecule has 0 bridgehead atoms. The largest absolute Gasteiger partial charge is 0.313 e. The van der Waals surface area contributed by atoms with E-state index in [0.29, 0.717) is 11.3 Å². The van der Waals surface area contributed by atoms with Gasteiger partial charge in [-0.15, -0.1) is 11.8 Å². The van der Waals surface area contributed by atoms with Gasteiger partial charge >= 0.3 is 0 Å². The Kier molecular flexibility index (Phi) is 4.38. The van der Waals surface area contributed by atoms with E-state index in [9.17, 15) is 0 Å². The number of likely N-dealkylation sites (N-methyl/N-ethyl adjacent to an activating group) is 1. The maximum atomic E-state index is 4.10. The van der Waals surface area contributed by atoms with Gasteiger partial charge in [0.1, 0.15) is 0 Å². The Hall–Kier alpha value is -1.32. The van der Waals surface area contributed by atoms with E-state index in [1.807, 2.05) is 24.2 Å². The molecule has 0 saturated heterocycles. The highest BCUT2D eigenvalue weighted by atomic mass is 32.2. The van der Waals surface area contributed by atoms with Gasteiger partial charge in [-0.3, -0.25) is 4.98 Å². The van der Waals surface area contributed by atoms with E-state index >= 15 is 0 Å². The molecule has 0 amide bonds.